The number of hydrogen-bond acceptors (Lipinski definition) is 3. The Morgan fingerprint density at radius 1 is 1.40 bits per heavy atom. The van der Waals surface area contributed by atoms with Crippen molar-refractivity contribution in [2.75, 3.05) is 6.61 Å². The zero-order chi connectivity index (χ0) is 14.8. The molecule has 0 aliphatic carbocycles. The Morgan fingerprint density at radius 3 is 2.75 bits per heavy atom. The van der Waals surface area contributed by atoms with Gasteiger partial charge in [0.05, 0.1) is 6.04 Å². The Hall–Kier alpha value is -2.18. The number of ether oxygens (including phenoxy) is 1. The summed E-state index contributed by atoms with van der Waals surface area (Å²) in [5.74, 6) is 0.440. The summed E-state index contributed by atoms with van der Waals surface area (Å²) < 4.78 is 45.2. The van der Waals surface area contributed by atoms with Crippen LogP contribution in [0.25, 0.3) is 11.0 Å². The summed E-state index contributed by atoms with van der Waals surface area (Å²) in [6, 6.07) is 8.33. The van der Waals surface area contributed by atoms with Crippen LogP contribution in [0.4, 0.5) is 18.0 Å². The largest absolute Gasteiger partial charge is 0.459 e. The Morgan fingerprint density at radius 2 is 2.10 bits per heavy atom. The Labute approximate surface area is 112 Å². The van der Waals surface area contributed by atoms with Crippen molar-refractivity contribution >= 4 is 17.1 Å². The Kier molecular flexibility index (Phi) is 3.87. The number of furan rings is 1. The lowest BCUT2D eigenvalue weighted by atomic mass is 10.2. The molecule has 0 radical (unpaired) electrons. The van der Waals surface area contributed by atoms with E-state index in [4.69, 9.17) is 4.42 Å². The number of carbonyl (C=O) groups excluding carboxylic acids is 1. The molecule has 0 aliphatic heterocycles. The number of nitrogens with one attached hydrogen (secondary N) is 1. The molecule has 0 fully saturated rings. The van der Waals surface area contributed by atoms with Crippen LogP contribution in [0, 0.1) is 0 Å². The topological polar surface area (TPSA) is 51.5 Å². The summed E-state index contributed by atoms with van der Waals surface area (Å²) in [5, 5.41) is 3.12. The SMILES string of the molecule is CC(NC(=O)OCC(F)(F)F)c1cc2ccccc2o1. The standard InChI is InChI=1S/C13H12F3NO3/c1-8(17-12(18)19-7-13(14,15)16)11-6-9-4-2-3-5-10(9)20-11/h2-6,8H,7H2,1H3,(H,17,18). The molecule has 1 atom stereocenters. The second kappa shape index (κ2) is 5.44. The van der Waals surface area contributed by atoms with Gasteiger partial charge in [0.1, 0.15) is 11.3 Å². The molecule has 4 nitrogen and oxygen atoms in total. The molecule has 7 heteroatoms. The zero-order valence-electron chi connectivity index (χ0n) is 10.5. The lowest BCUT2D eigenvalue weighted by Crippen LogP contribution is -2.30. The van der Waals surface area contributed by atoms with E-state index in [0.29, 0.717) is 11.3 Å². The number of para-hydroxylation sites is 1. The maximum absolute atomic E-state index is 11.9. The second-order valence-electron chi connectivity index (χ2n) is 4.24. The van der Waals surface area contributed by atoms with Gasteiger partial charge >= 0.3 is 12.3 Å². The summed E-state index contributed by atoms with van der Waals surface area (Å²) in [6.45, 7) is -0.0295. The van der Waals surface area contributed by atoms with Crippen molar-refractivity contribution in [3.63, 3.8) is 0 Å². The third-order valence-electron chi connectivity index (χ3n) is 2.57. The van der Waals surface area contributed by atoms with Crippen LogP contribution in [-0.4, -0.2) is 18.9 Å². The molecule has 1 heterocycles. The van der Waals surface area contributed by atoms with E-state index in [0.717, 1.165) is 5.39 Å². The minimum Gasteiger partial charge on any atom is -0.459 e. The number of alkyl carbamates (subject to hydrolysis) is 1. The lowest BCUT2D eigenvalue weighted by molar-refractivity contribution is -0.160. The van der Waals surface area contributed by atoms with Crippen LogP contribution < -0.4 is 5.32 Å². The van der Waals surface area contributed by atoms with Crippen molar-refractivity contribution < 1.29 is 27.1 Å². The number of rotatable bonds is 3. The molecule has 0 bridgehead atoms. The molecule has 1 aromatic carbocycles. The summed E-state index contributed by atoms with van der Waals surface area (Å²) >= 11 is 0. The van der Waals surface area contributed by atoms with E-state index in [2.05, 4.69) is 10.1 Å². The van der Waals surface area contributed by atoms with Crippen LogP contribution in [0.15, 0.2) is 34.7 Å². The van der Waals surface area contributed by atoms with Crippen molar-refractivity contribution in [1.82, 2.24) is 5.32 Å². The van der Waals surface area contributed by atoms with E-state index in [9.17, 15) is 18.0 Å². The van der Waals surface area contributed by atoms with E-state index in [-0.39, 0.29) is 0 Å². The van der Waals surface area contributed by atoms with Gasteiger partial charge in [0.25, 0.3) is 0 Å². The van der Waals surface area contributed by atoms with E-state index >= 15 is 0 Å². The number of hydrogen-bond donors (Lipinski definition) is 1. The van der Waals surface area contributed by atoms with Crippen LogP contribution in [0.3, 0.4) is 0 Å². The normalized spacial score (nSPS) is 13.2. The number of benzene rings is 1. The zero-order valence-corrected chi connectivity index (χ0v) is 10.5. The van der Waals surface area contributed by atoms with E-state index in [1.165, 1.54) is 0 Å². The highest BCUT2D eigenvalue weighted by molar-refractivity contribution is 5.78. The summed E-state index contributed by atoms with van der Waals surface area (Å²) in [4.78, 5) is 11.2. The molecule has 108 valence electrons. The predicted octanol–water partition coefficient (Wildman–Crippen LogP) is 3.78. The fourth-order valence-corrected chi connectivity index (χ4v) is 1.65. The minimum absolute atomic E-state index is 0.440. The van der Waals surface area contributed by atoms with Gasteiger partial charge in [-0.05, 0) is 19.1 Å². The van der Waals surface area contributed by atoms with Crippen molar-refractivity contribution in [2.45, 2.75) is 19.1 Å². The average molecular weight is 287 g/mol. The Bertz CT molecular complexity index is 573. The molecule has 1 unspecified atom stereocenters. The molecular formula is C13H12F3NO3. The van der Waals surface area contributed by atoms with E-state index < -0.39 is 24.9 Å². The maximum atomic E-state index is 11.9. The molecule has 1 amide bonds. The van der Waals surface area contributed by atoms with Gasteiger partial charge in [-0.25, -0.2) is 4.79 Å². The highest BCUT2D eigenvalue weighted by Crippen LogP contribution is 2.23. The molecule has 0 aliphatic rings. The van der Waals surface area contributed by atoms with E-state index in [1.54, 1.807) is 25.1 Å². The van der Waals surface area contributed by atoms with Crippen LogP contribution in [-0.2, 0) is 4.74 Å². The van der Waals surface area contributed by atoms with Gasteiger partial charge in [-0.1, -0.05) is 18.2 Å². The smallest absolute Gasteiger partial charge is 0.422 e. The van der Waals surface area contributed by atoms with Crippen LogP contribution in [0.5, 0.6) is 0 Å². The highest BCUT2D eigenvalue weighted by atomic mass is 19.4. The average Bonchev–Trinajstić information content (AvgIpc) is 2.79. The number of halogens is 3. The van der Waals surface area contributed by atoms with Crippen LogP contribution >= 0.6 is 0 Å². The van der Waals surface area contributed by atoms with Gasteiger partial charge in [-0.15, -0.1) is 0 Å². The fraction of sp³-hybridized carbons (Fsp3) is 0.308. The van der Waals surface area contributed by atoms with Gasteiger partial charge in [-0.3, -0.25) is 0 Å². The Balaban J connectivity index is 1.97. The maximum Gasteiger partial charge on any atom is 0.422 e. The predicted molar refractivity (Wildman–Crippen MR) is 65.2 cm³/mol. The van der Waals surface area contributed by atoms with Crippen molar-refractivity contribution in [3.8, 4) is 0 Å². The molecule has 20 heavy (non-hydrogen) atoms. The van der Waals surface area contributed by atoms with Gasteiger partial charge < -0.3 is 14.5 Å². The first kappa shape index (κ1) is 14.2. The molecule has 0 spiro atoms. The quantitative estimate of drug-likeness (QED) is 0.934. The second-order valence-corrected chi connectivity index (χ2v) is 4.24. The number of amides is 1. The van der Waals surface area contributed by atoms with Gasteiger partial charge in [-0.2, -0.15) is 13.2 Å². The number of carbonyl (C=O) groups is 1. The molecular weight excluding hydrogens is 275 g/mol. The van der Waals surface area contributed by atoms with Crippen molar-refractivity contribution in [1.29, 1.82) is 0 Å². The number of fused-ring (bicyclic) bond motifs is 1. The molecule has 1 aromatic heterocycles. The van der Waals surface area contributed by atoms with E-state index in [1.807, 2.05) is 12.1 Å². The monoisotopic (exact) mass is 287 g/mol. The molecule has 2 rings (SSSR count). The van der Waals surface area contributed by atoms with Crippen LogP contribution in [0.2, 0.25) is 0 Å². The third kappa shape index (κ3) is 3.66. The highest BCUT2D eigenvalue weighted by Gasteiger charge is 2.30. The van der Waals surface area contributed by atoms with Gasteiger partial charge in [0.15, 0.2) is 6.61 Å². The van der Waals surface area contributed by atoms with Gasteiger partial charge in [0.2, 0.25) is 0 Å². The van der Waals surface area contributed by atoms with Crippen LogP contribution in [0.1, 0.15) is 18.7 Å². The minimum atomic E-state index is -4.54. The lowest BCUT2D eigenvalue weighted by Gasteiger charge is -2.12. The summed E-state index contributed by atoms with van der Waals surface area (Å²) in [5.41, 5.74) is 0.639. The number of alkyl halides is 3. The van der Waals surface area contributed by atoms with Crippen molar-refractivity contribution in [2.24, 2.45) is 0 Å². The van der Waals surface area contributed by atoms with Gasteiger partial charge in [0, 0.05) is 5.39 Å². The fourth-order valence-electron chi connectivity index (χ4n) is 1.65. The first-order valence-electron chi connectivity index (χ1n) is 5.84. The molecule has 2 aromatic rings. The first-order valence-corrected chi connectivity index (χ1v) is 5.84. The first-order chi connectivity index (χ1) is 9.35. The summed E-state index contributed by atoms with van der Waals surface area (Å²) in [6.07, 6.45) is -5.68. The van der Waals surface area contributed by atoms with Crippen molar-refractivity contribution in [3.05, 3.63) is 36.1 Å². The molecule has 1 N–H and O–H groups in total. The molecule has 0 saturated heterocycles. The third-order valence-corrected chi connectivity index (χ3v) is 2.57. The molecule has 0 saturated carbocycles. The summed E-state index contributed by atoms with van der Waals surface area (Å²) in [7, 11) is 0.